The van der Waals surface area contributed by atoms with Crippen molar-refractivity contribution in [1.82, 2.24) is 24.3 Å². The minimum atomic E-state index is -0.298. The maximum absolute atomic E-state index is 12.2. The molecule has 0 bridgehead atoms. The Labute approximate surface area is 108 Å². The molecular weight excluding hydrogens is 250 g/mol. The van der Waals surface area contributed by atoms with Gasteiger partial charge in [-0.15, -0.1) is 5.10 Å². The van der Waals surface area contributed by atoms with Gasteiger partial charge in [-0.1, -0.05) is 5.16 Å². The zero-order chi connectivity index (χ0) is 14.0. The molecular formula is C10H13N7O2. The fourth-order valence-corrected chi connectivity index (χ4v) is 1.51. The van der Waals surface area contributed by atoms with Gasteiger partial charge in [-0.3, -0.25) is 4.79 Å². The molecule has 0 fully saturated rings. The van der Waals surface area contributed by atoms with Crippen LogP contribution in [0.5, 0.6) is 0 Å². The third kappa shape index (κ3) is 2.30. The van der Waals surface area contributed by atoms with Crippen molar-refractivity contribution in [2.75, 3.05) is 0 Å². The van der Waals surface area contributed by atoms with Gasteiger partial charge in [0.2, 0.25) is 17.5 Å². The number of nitrogens with two attached hydrogens (primary N) is 1. The molecule has 0 aliphatic rings. The van der Waals surface area contributed by atoms with Crippen LogP contribution in [0.3, 0.4) is 0 Å². The van der Waals surface area contributed by atoms with E-state index in [2.05, 4.69) is 20.2 Å². The number of rotatable bonds is 3. The summed E-state index contributed by atoms with van der Waals surface area (Å²) in [6.45, 7) is 3.77. The van der Waals surface area contributed by atoms with E-state index in [9.17, 15) is 4.79 Å². The monoisotopic (exact) mass is 263 g/mol. The number of oxime groups is 1. The highest BCUT2D eigenvalue weighted by molar-refractivity contribution is 5.93. The summed E-state index contributed by atoms with van der Waals surface area (Å²) in [5.41, 5.74) is 5.06. The van der Waals surface area contributed by atoms with E-state index in [-0.39, 0.29) is 29.1 Å². The second kappa shape index (κ2) is 4.88. The summed E-state index contributed by atoms with van der Waals surface area (Å²) in [6.07, 6.45) is 4.38. The molecule has 19 heavy (non-hydrogen) atoms. The molecule has 0 amide bonds. The smallest absolute Gasteiger partial charge is 0.295 e. The molecule has 9 nitrogen and oxygen atoms in total. The Morgan fingerprint density at radius 3 is 2.84 bits per heavy atom. The average molecular weight is 263 g/mol. The summed E-state index contributed by atoms with van der Waals surface area (Å²) in [6, 6.07) is 0.00122. The number of nitrogens with zero attached hydrogens (tertiary/aromatic N) is 6. The van der Waals surface area contributed by atoms with Crippen LogP contribution in [0, 0.1) is 0 Å². The standard InChI is InChI=1S/C10H13N7O2/c1-6(2)16-4-3-12-9(10(16)18)17-5-13-8(14-17)7(11)15-19/h3-6,19H,1-2H3,(H2,11,15). The average Bonchev–Trinajstić information content (AvgIpc) is 2.87. The van der Waals surface area contributed by atoms with Gasteiger partial charge < -0.3 is 15.5 Å². The van der Waals surface area contributed by atoms with E-state index in [1.54, 1.807) is 6.20 Å². The first-order valence-electron chi connectivity index (χ1n) is 5.51. The molecule has 0 aliphatic carbocycles. The lowest BCUT2D eigenvalue weighted by Crippen LogP contribution is -2.27. The Hall–Kier alpha value is -2.71. The molecule has 0 spiro atoms. The van der Waals surface area contributed by atoms with Crippen molar-refractivity contribution in [3.8, 4) is 5.82 Å². The van der Waals surface area contributed by atoms with E-state index in [0.717, 1.165) is 0 Å². The minimum absolute atomic E-state index is 0.00122. The molecule has 0 unspecified atom stereocenters. The molecule has 2 heterocycles. The lowest BCUT2D eigenvalue weighted by molar-refractivity contribution is 0.318. The van der Waals surface area contributed by atoms with Gasteiger partial charge >= 0.3 is 0 Å². The van der Waals surface area contributed by atoms with Crippen molar-refractivity contribution < 1.29 is 5.21 Å². The van der Waals surface area contributed by atoms with Gasteiger partial charge in [0, 0.05) is 18.4 Å². The Bertz CT molecular complexity index is 671. The maximum atomic E-state index is 12.2. The predicted molar refractivity (Wildman–Crippen MR) is 66.3 cm³/mol. The van der Waals surface area contributed by atoms with E-state index in [1.165, 1.54) is 21.8 Å². The van der Waals surface area contributed by atoms with Crippen LogP contribution in [-0.4, -0.2) is 35.4 Å². The SMILES string of the molecule is CC(C)n1ccnc(-n2cnc(C(N)=NO)n2)c1=O. The van der Waals surface area contributed by atoms with Crippen molar-refractivity contribution in [2.45, 2.75) is 19.9 Å². The van der Waals surface area contributed by atoms with Crippen LogP contribution in [-0.2, 0) is 0 Å². The highest BCUT2D eigenvalue weighted by atomic mass is 16.4. The summed E-state index contributed by atoms with van der Waals surface area (Å²) < 4.78 is 2.71. The molecule has 3 N–H and O–H groups in total. The Morgan fingerprint density at radius 2 is 2.21 bits per heavy atom. The highest BCUT2D eigenvalue weighted by Crippen LogP contribution is 2.01. The van der Waals surface area contributed by atoms with Gasteiger partial charge in [0.15, 0.2) is 0 Å². The fourth-order valence-electron chi connectivity index (χ4n) is 1.51. The molecule has 100 valence electrons. The molecule has 2 rings (SSSR count). The van der Waals surface area contributed by atoms with E-state index < -0.39 is 0 Å². The van der Waals surface area contributed by atoms with E-state index in [1.807, 2.05) is 13.8 Å². The predicted octanol–water partition coefficient (Wildman–Crippen LogP) is -0.501. The highest BCUT2D eigenvalue weighted by Gasteiger charge is 2.12. The lowest BCUT2D eigenvalue weighted by atomic mass is 10.4. The molecule has 2 aromatic rings. The summed E-state index contributed by atoms with van der Waals surface area (Å²) in [4.78, 5) is 20.0. The van der Waals surface area contributed by atoms with Crippen LogP contribution in [0.15, 0.2) is 28.7 Å². The van der Waals surface area contributed by atoms with Crippen LogP contribution in [0.1, 0.15) is 25.7 Å². The van der Waals surface area contributed by atoms with Gasteiger partial charge in [-0.25, -0.2) is 9.97 Å². The van der Waals surface area contributed by atoms with Crippen molar-refractivity contribution in [1.29, 1.82) is 0 Å². The van der Waals surface area contributed by atoms with E-state index in [0.29, 0.717) is 0 Å². The minimum Gasteiger partial charge on any atom is -0.409 e. The van der Waals surface area contributed by atoms with E-state index in [4.69, 9.17) is 10.9 Å². The number of amidine groups is 1. The summed E-state index contributed by atoms with van der Waals surface area (Å²) in [7, 11) is 0. The van der Waals surface area contributed by atoms with Gasteiger partial charge in [0.25, 0.3) is 5.56 Å². The van der Waals surface area contributed by atoms with Crippen LogP contribution < -0.4 is 11.3 Å². The molecule has 0 saturated carbocycles. The Balaban J connectivity index is 2.51. The summed E-state index contributed by atoms with van der Waals surface area (Å²) in [5.74, 6) is -0.122. The molecule has 0 atom stereocenters. The van der Waals surface area contributed by atoms with E-state index >= 15 is 0 Å². The number of hydrogen-bond donors (Lipinski definition) is 2. The second-order valence-electron chi connectivity index (χ2n) is 4.06. The summed E-state index contributed by atoms with van der Waals surface area (Å²) in [5, 5.41) is 15.2. The Kier molecular flexibility index (Phi) is 3.27. The topological polar surface area (TPSA) is 124 Å². The quantitative estimate of drug-likeness (QED) is 0.333. The first kappa shape index (κ1) is 12.7. The van der Waals surface area contributed by atoms with Crippen molar-refractivity contribution in [3.05, 3.63) is 34.9 Å². The second-order valence-corrected chi connectivity index (χ2v) is 4.06. The molecule has 0 saturated heterocycles. The van der Waals surface area contributed by atoms with Gasteiger partial charge in [-0.05, 0) is 13.8 Å². The first-order chi connectivity index (χ1) is 9.04. The molecule has 2 aromatic heterocycles. The van der Waals surface area contributed by atoms with Crippen molar-refractivity contribution in [3.63, 3.8) is 0 Å². The lowest BCUT2D eigenvalue weighted by Gasteiger charge is -2.09. The zero-order valence-electron chi connectivity index (χ0n) is 10.4. The Morgan fingerprint density at radius 1 is 1.47 bits per heavy atom. The molecule has 9 heteroatoms. The largest absolute Gasteiger partial charge is 0.409 e. The number of hydrogen-bond acceptors (Lipinski definition) is 6. The molecule has 0 aromatic carbocycles. The van der Waals surface area contributed by atoms with Gasteiger partial charge in [-0.2, -0.15) is 4.68 Å². The normalized spacial score (nSPS) is 12.1. The molecule has 0 aliphatic heterocycles. The maximum Gasteiger partial charge on any atom is 0.295 e. The number of aromatic nitrogens is 5. The summed E-state index contributed by atoms with van der Waals surface area (Å²) >= 11 is 0. The van der Waals surface area contributed by atoms with Gasteiger partial charge in [0.05, 0.1) is 0 Å². The van der Waals surface area contributed by atoms with Crippen LogP contribution in [0.25, 0.3) is 5.82 Å². The van der Waals surface area contributed by atoms with Crippen LogP contribution in [0.4, 0.5) is 0 Å². The van der Waals surface area contributed by atoms with Crippen molar-refractivity contribution in [2.24, 2.45) is 10.9 Å². The van der Waals surface area contributed by atoms with Crippen LogP contribution in [0.2, 0.25) is 0 Å². The zero-order valence-corrected chi connectivity index (χ0v) is 10.4. The molecule has 0 radical (unpaired) electrons. The van der Waals surface area contributed by atoms with Crippen molar-refractivity contribution >= 4 is 5.84 Å². The third-order valence-corrected chi connectivity index (χ3v) is 2.45. The third-order valence-electron chi connectivity index (χ3n) is 2.45. The fraction of sp³-hybridized carbons (Fsp3) is 0.300. The van der Waals surface area contributed by atoms with Gasteiger partial charge in [0.1, 0.15) is 6.33 Å². The van der Waals surface area contributed by atoms with Crippen LogP contribution >= 0.6 is 0 Å². The first-order valence-corrected chi connectivity index (χ1v) is 5.51.